The SMILES string of the molecule is CCNC(=NCc1cccc(OCC(C)C)c1)NCc1ccco1.I. The van der Waals surface area contributed by atoms with Crippen molar-refractivity contribution in [1.29, 1.82) is 0 Å². The first-order chi connectivity index (χ1) is 11.7. The summed E-state index contributed by atoms with van der Waals surface area (Å²) >= 11 is 0. The number of hydrogen-bond acceptors (Lipinski definition) is 3. The van der Waals surface area contributed by atoms with Crippen LogP contribution in [-0.4, -0.2) is 19.1 Å². The molecule has 0 unspecified atom stereocenters. The molecule has 1 heterocycles. The third-order valence-electron chi connectivity index (χ3n) is 3.26. The number of guanidine groups is 1. The van der Waals surface area contributed by atoms with Crippen LogP contribution in [0.25, 0.3) is 0 Å². The van der Waals surface area contributed by atoms with Crippen LogP contribution in [0.2, 0.25) is 0 Å². The van der Waals surface area contributed by atoms with E-state index in [1.165, 1.54) is 0 Å². The van der Waals surface area contributed by atoms with E-state index in [1.54, 1.807) is 6.26 Å². The first kappa shape index (κ1) is 21.3. The molecule has 1 aromatic carbocycles. The Bertz CT molecular complexity index is 627. The Kier molecular flexibility index (Phi) is 10.1. The Hall–Kier alpha value is -1.70. The van der Waals surface area contributed by atoms with Crippen LogP contribution in [0.15, 0.2) is 52.1 Å². The molecule has 0 aliphatic carbocycles. The van der Waals surface area contributed by atoms with Gasteiger partial charge in [-0.3, -0.25) is 0 Å². The van der Waals surface area contributed by atoms with Gasteiger partial charge in [0.05, 0.1) is 26.0 Å². The number of nitrogens with one attached hydrogen (secondary N) is 2. The summed E-state index contributed by atoms with van der Waals surface area (Å²) in [6, 6.07) is 11.9. The van der Waals surface area contributed by atoms with Gasteiger partial charge in [0.2, 0.25) is 0 Å². The van der Waals surface area contributed by atoms with Crippen LogP contribution in [0.5, 0.6) is 5.75 Å². The van der Waals surface area contributed by atoms with Gasteiger partial charge in [-0.15, -0.1) is 24.0 Å². The number of benzene rings is 1. The van der Waals surface area contributed by atoms with Crippen LogP contribution >= 0.6 is 24.0 Å². The topological polar surface area (TPSA) is 58.8 Å². The van der Waals surface area contributed by atoms with Gasteiger partial charge >= 0.3 is 0 Å². The van der Waals surface area contributed by atoms with Crippen molar-refractivity contribution in [3.05, 3.63) is 54.0 Å². The summed E-state index contributed by atoms with van der Waals surface area (Å²) in [5.74, 6) is 3.05. The number of halogens is 1. The van der Waals surface area contributed by atoms with Crippen LogP contribution in [0.3, 0.4) is 0 Å². The molecule has 25 heavy (non-hydrogen) atoms. The number of nitrogens with zero attached hydrogens (tertiary/aromatic N) is 1. The molecule has 0 fully saturated rings. The molecule has 2 N–H and O–H groups in total. The summed E-state index contributed by atoms with van der Waals surface area (Å²) in [6.07, 6.45) is 1.67. The lowest BCUT2D eigenvalue weighted by Crippen LogP contribution is -2.36. The molecule has 2 aromatic rings. The Morgan fingerprint density at radius 3 is 2.72 bits per heavy atom. The lowest BCUT2D eigenvalue weighted by Gasteiger charge is -2.11. The summed E-state index contributed by atoms with van der Waals surface area (Å²) in [5.41, 5.74) is 1.12. The second-order valence-corrected chi connectivity index (χ2v) is 5.98. The lowest BCUT2D eigenvalue weighted by molar-refractivity contribution is 0.271. The maximum absolute atomic E-state index is 5.77. The van der Waals surface area contributed by atoms with Gasteiger partial charge in [-0.2, -0.15) is 0 Å². The molecule has 0 saturated heterocycles. The Balaban J connectivity index is 0.00000312. The highest BCUT2D eigenvalue weighted by molar-refractivity contribution is 14.0. The monoisotopic (exact) mass is 457 g/mol. The Morgan fingerprint density at radius 2 is 2.04 bits per heavy atom. The van der Waals surface area contributed by atoms with Gasteiger partial charge in [-0.1, -0.05) is 26.0 Å². The highest BCUT2D eigenvalue weighted by atomic mass is 127. The van der Waals surface area contributed by atoms with E-state index in [0.717, 1.165) is 36.2 Å². The largest absolute Gasteiger partial charge is 0.493 e. The first-order valence-corrected chi connectivity index (χ1v) is 8.43. The van der Waals surface area contributed by atoms with Crippen molar-refractivity contribution in [2.75, 3.05) is 13.2 Å². The molecule has 0 radical (unpaired) electrons. The molecule has 0 bridgehead atoms. The zero-order valence-corrected chi connectivity index (χ0v) is 17.4. The highest BCUT2D eigenvalue weighted by Crippen LogP contribution is 2.15. The quantitative estimate of drug-likeness (QED) is 0.355. The lowest BCUT2D eigenvalue weighted by atomic mass is 10.2. The summed E-state index contributed by atoms with van der Waals surface area (Å²) < 4.78 is 11.1. The fraction of sp³-hybridized carbons (Fsp3) is 0.421. The van der Waals surface area contributed by atoms with Crippen molar-refractivity contribution in [2.24, 2.45) is 10.9 Å². The zero-order chi connectivity index (χ0) is 17.2. The standard InChI is InChI=1S/C19H27N3O2.HI/c1-4-20-19(22-13-18-9-6-10-23-18)21-12-16-7-5-8-17(11-16)24-14-15(2)3;/h5-11,15H,4,12-14H2,1-3H3,(H2,20,21,22);1H. The van der Waals surface area contributed by atoms with Crippen LogP contribution in [0.1, 0.15) is 32.1 Å². The zero-order valence-electron chi connectivity index (χ0n) is 15.1. The Morgan fingerprint density at radius 1 is 1.20 bits per heavy atom. The second kappa shape index (κ2) is 11.8. The van der Waals surface area contributed by atoms with Gasteiger partial charge < -0.3 is 19.8 Å². The van der Waals surface area contributed by atoms with Crippen molar-refractivity contribution in [2.45, 2.75) is 33.9 Å². The smallest absolute Gasteiger partial charge is 0.191 e. The molecule has 138 valence electrons. The average molecular weight is 457 g/mol. The van der Waals surface area contributed by atoms with Crippen LogP contribution in [0.4, 0.5) is 0 Å². The van der Waals surface area contributed by atoms with E-state index in [9.17, 15) is 0 Å². The minimum atomic E-state index is 0. The minimum Gasteiger partial charge on any atom is -0.493 e. The van der Waals surface area contributed by atoms with Gasteiger partial charge in [0.25, 0.3) is 0 Å². The van der Waals surface area contributed by atoms with E-state index in [-0.39, 0.29) is 24.0 Å². The van der Waals surface area contributed by atoms with E-state index in [2.05, 4.69) is 35.5 Å². The second-order valence-electron chi connectivity index (χ2n) is 5.98. The molecule has 0 amide bonds. The van der Waals surface area contributed by atoms with Gasteiger partial charge in [0.15, 0.2) is 5.96 Å². The molecule has 0 saturated carbocycles. The molecule has 6 heteroatoms. The highest BCUT2D eigenvalue weighted by Gasteiger charge is 2.02. The first-order valence-electron chi connectivity index (χ1n) is 8.43. The van der Waals surface area contributed by atoms with Gasteiger partial charge in [-0.05, 0) is 42.7 Å². The number of rotatable bonds is 8. The van der Waals surface area contributed by atoms with Crippen molar-refractivity contribution >= 4 is 29.9 Å². The molecular weight excluding hydrogens is 429 g/mol. The summed E-state index contributed by atoms with van der Waals surface area (Å²) in [4.78, 5) is 4.62. The van der Waals surface area contributed by atoms with Crippen LogP contribution in [-0.2, 0) is 13.1 Å². The third-order valence-corrected chi connectivity index (χ3v) is 3.26. The normalized spacial score (nSPS) is 11.1. The van der Waals surface area contributed by atoms with E-state index in [4.69, 9.17) is 9.15 Å². The summed E-state index contributed by atoms with van der Waals surface area (Å²) in [5, 5.41) is 6.50. The maximum Gasteiger partial charge on any atom is 0.191 e. The van der Waals surface area contributed by atoms with Crippen molar-refractivity contribution < 1.29 is 9.15 Å². The average Bonchev–Trinajstić information content (AvgIpc) is 3.09. The molecule has 0 aliphatic heterocycles. The molecule has 5 nitrogen and oxygen atoms in total. The van der Waals surface area contributed by atoms with Crippen LogP contribution < -0.4 is 15.4 Å². The molecule has 0 spiro atoms. The van der Waals surface area contributed by atoms with E-state index in [1.807, 2.05) is 37.3 Å². The number of ether oxygens (including phenoxy) is 1. The minimum absolute atomic E-state index is 0. The van der Waals surface area contributed by atoms with Gasteiger partial charge in [-0.25, -0.2) is 4.99 Å². The van der Waals surface area contributed by atoms with Crippen molar-refractivity contribution in [3.63, 3.8) is 0 Å². The van der Waals surface area contributed by atoms with E-state index in [0.29, 0.717) is 19.0 Å². The number of hydrogen-bond donors (Lipinski definition) is 2. The Labute approximate surface area is 167 Å². The molecule has 1 aromatic heterocycles. The maximum atomic E-state index is 5.77. The molecule has 0 atom stereocenters. The molecular formula is C19H28IN3O2. The summed E-state index contributed by atoms with van der Waals surface area (Å²) in [7, 11) is 0. The van der Waals surface area contributed by atoms with Crippen LogP contribution in [0, 0.1) is 5.92 Å². The van der Waals surface area contributed by atoms with E-state index < -0.39 is 0 Å². The number of furan rings is 1. The molecule has 2 rings (SSSR count). The third kappa shape index (κ3) is 8.29. The van der Waals surface area contributed by atoms with Gasteiger partial charge in [0.1, 0.15) is 11.5 Å². The predicted octanol–water partition coefficient (Wildman–Crippen LogP) is 4.19. The fourth-order valence-electron chi connectivity index (χ4n) is 2.09. The van der Waals surface area contributed by atoms with Crippen molar-refractivity contribution in [1.82, 2.24) is 10.6 Å². The summed E-state index contributed by atoms with van der Waals surface area (Å²) in [6.45, 7) is 9.05. The number of aliphatic imine (C=N–C) groups is 1. The van der Waals surface area contributed by atoms with E-state index >= 15 is 0 Å². The predicted molar refractivity (Wildman–Crippen MR) is 113 cm³/mol. The molecule has 0 aliphatic rings. The fourth-order valence-corrected chi connectivity index (χ4v) is 2.09. The van der Waals surface area contributed by atoms with Gasteiger partial charge in [0, 0.05) is 6.54 Å². The van der Waals surface area contributed by atoms with Crippen molar-refractivity contribution in [3.8, 4) is 5.75 Å².